The number of nitrogens with zero attached hydrogens (tertiary/aromatic N) is 3. The number of aromatic nitrogens is 3. The van der Waals surface area contributed by atoms with Crippen molar-refractivity contribution in [3.05, 3.63) is 96.3 Å². The van der Waals surface area contributed by atoms with E-state index in [2.05, 4.69) is 25.6 Å². The first kappa shape index (κ1) is 21.9. The highest BCUT2D eigenvalue weighted by Gasteiger charge is 2.30. The van der Waals surface area contributed by atoms with E-state index in [0.717, 1.165) is 18.2 Å². The van der Waals surface area contributed by atoms with Crippen LogP contribution in [0.3, 0.4) is 0 Å². The van der Waals surface area contributed by atoms with E-state index in [1.807, 2.05) is 0 Å². The van der Waals surface area contributed by atoms with Crippen LogP contribution < -0.4 is 10.6 Å². The number of pyridine rings is 1. The summed E-state index contributed by atoms with van der Waals surface area (Å²) in [5, 5.41) is 5.25. The molecule has 10 heteroatoms. The molecule has 0 aliphatic heterocycles. The average Bonchev–Trinajstić information content (AvgIpc) is 2.81. The highest BCUT2D eigenvalue weighted by molar-refractivity contribution is 6.05. The molecule has 2 N–H and O–H groups in total. The van der Waals surface area contributed by atoms with Gasteiger partial charge in [0.2, 0.25) is 0 Å². The zero-order valence-corrected chi connectivity index (χ0v) is 16.8. The van der Waals surface area contributed by atoms with Crippen LogP contribution in [0.15, 0.2) is 79.4 Å². The molecule has 0 atom stereocenters. The van der Waals surface area contributed by atoms with Crippen molar-refractivity contribution in [1.82, 2.24) is 15.0 Å². The number of alkyl halides is 3. The molecule has 2 heterocycles. The Labute approximate surface area is 185 Å². The summed E-state index contributed by atoms with van der Waals surface area (Å²) >= 11 is 0. The van der Waals surface area contributed by atoms with E-state index < -0.39 is 23.5 Å². The highest BCUT2D eigenvalue weighted by atomic mass is 19.4. The molecular weight excluding hydrogens is 438 g/mol. The van der Waals surface area contributed by atoms with Crippen LogP contribution in [0.25, 0.3) is 11.3 Å². The average molecular weight is 453 g/mol. The van der Waals surface area contributed by atoms with Gasteiger partial charge in [0.05, 0.1) is 16.9 Å². The summed E-state index contributed by atoms with van der Waals surface area (Å²) in [5.41, 5.74) is 0.202. The Hall–Kier alpha value is -4.34. The zero-order chi connectivity index (χ0) is 23.4. The smallest absolute Gasteiger partial charge is 0.337 e. The third-order valence-corrected chi connectivity index (χ3v) is 4.60. The van der Waals surface area contributed by atoms with Crippen molar-refractivity contribution in [2.24, 2.45) is 0 Å². The summed E-state index contributed by atoms with van der Waals surface area (Å²) < 4.78 is 53.2. The van der Waals surface area contributed by atoms with Crippen LogP contribution in [0, 0.1) is 5.82 Å². The lowest BCUT2D eigenvalue weighted by atomic mass is 10.1. The van der Waals surface area contributed by atoms with E-state index >= 15 is 0 Å². The third kappa shape index (κ3) is 5.12. The summed E-state index contributed by atoms with van der Waals surface area (Å²) in [6.45, 7) is 0. The van der Waals surface area contributed by atoms with Crippen molar-refractivity contribution in [1.29, 1.82) is 0 Å². The van der Waals surface area contributed by atoms with Gasteiger partial charge in [-0.1, -0.05) is 6.07 Å². The fourth-order valence-corrected chi connectivity index (χ4v) is 3.03. The molecule has 6 nitrogen and oxygen atoms in total. The predicted molar refractivity (Wildman–Crippen MR) is 114 cm³/mol. The molecule has 0 unspecified atom stereocenters. The Morgan fingerprint density at radius 1 is 0.909 bits per heavy atom. The van der Waals surface area contributed by atoms with Gasteiger partial charge in [0.1, 0.15) is 18.0 Å². The van der Waals surface area contributed by atoms with Gasteiger partial charge in [-0.2, -0.15) is 13.2 Å². The molecule has 2 aromatic carbocycles. The molecule has 0 aliphatic rings. The maximum absolute atomic E-state index is 14.5. The van der Waals surface area contributed by atoms with Gasteiger partial charge in [0.15, 0.2) is 0 Å². The van der Waals surface area contributed by atoms with Crippen molar-refractivity contribution in [3.8, 4) is 11.3 Å². The van der Waals surface area contributed by atoms with Crippen molar-refractivity contribution < 1.29 is 22.4 Å². The predicted octanol–water partition coefficient (Wildman–Crippen LogP) is 5.69. The zero-order valence-electron chi connectivity index (χ0n) is 16.8. The molecule has 33 heavy (non-hydrogen) atoms. The number of amides is 1. The Morgan fingerprint density at radius 3 is 2.52 bits per heavy atom. The van der Waals surface area contributed by atoms with Crippen LogP contribution in [0.2, 0.25) is 0 Å². The lowest BCUT2D eigenvalue weighted by molar-refractivity contribution is -0.137. The highest BCUT2D eigenvalue weighted by Crippen LogP contribution is 2.31. The maximum Gasteiger partial charge on any atom is 0.416 e. The van der Waals surface area contributed by atoms with E-state index in [1.165, 1.54) is 36.8 Å². The third-order valence-electron chi connectivity index (χ3n) is 4.60. The number of halogens is 4. The minimum atomic E-state index is -4.54. The quantitative estimate of drug-likeness (QED) is 0.380. The molecule has 0 radical (unpaired) electrons. The maximum atomic E-state index is 14.5. The van der Waals surface area contributed by atoms with Gasteiger partial charge in [0.25, 0.3) is 5.91 Å². The summed E-state index contributed by atoms with van der Waals surface area (Å²) in [5.74, 6) is -1.05. The first-order valence-electron chi connectivity index (χ1n) is 9.58. The second-order valence-electron chi connectivity index (χ2n) is 6.85. The van der Waals surface area contributed by atoms with Gasteiger partial charge in [-0.05, 0) is 54.6 Å². The van der Waals surface area contributed by atoms with Crippen LogP contribution in [0.1, 0.15) is 15.9 Å². The van der Waals surface area contributed by atoms with E-state index in [4.69, 9.17) is 0 Å². The lowest BCUT2D eigenvalue weighted by Gasteiger charge is -2.13. The van der Waals surface area contributed by atoms with Crippen LogP contribution in [0.4, 0.5) is 34.8 Å². The lowest BCUT2D eigenvalue weighted by Crippen LogP contribution is -2.13. The fourth-order valence-electron chi connectivity index (χ4n) is 3.03. The molecular formula is C23H15F4N5O. The number of nitrogens with one attached hydrogen (secondary N) is 2. The van der Waals surface area contributed by atoms with Crippen molar-refractivity contribution in [3.63, 3.8) is 0 Å². The Bertz CT molecular complexity index is 1300. The topological polar surface area (TPSA) is 79.8 Å². The number of anilines is 3. The largest absolute Gasteiger partial charge is 0.416 e. The summed E-state index contributed by atoms with van der Waals surface area (Å²) in [6.07, 6.45) is -0.114. The SMILES string of the molecule is O=C(Nc1cccc(C(F)(F)F)c1)c1ccc(F)c(Nc2ncccc2-c2ccncn2)c1. The first-order valence-corrected chi connectivity index (χ1v) is 9.58. The molecule has 166 valence electrons. The minimum absolute atomic E-state index is 0.0376. The summed E-state index contributed by atoms with van der Waals surface area (Å²) in [4.78, 5) is 24.9. The van der Waals surface area contributed by atoms with Crippen LogP contribution in [-0.2, 0) is 6.18 Å². The Morgan fingerprint density at radius 2 is 1.76 bits per heavy atom. The second kappa shape index (κ2) is 9.03. The summed E-state index contributed by atoms with van der Waals surface area (Å²) in [6, 6.07) is 12.9. The monoisotopic (exact) mass is 453 g/mol. The standard InChI is InChI=1S/C23H15F4N5O/c24-18-7-6-14(22(33)31-16-4-1-3-15(12-16)23(25,26)27)11-20(18)32-21-17(5-2-9-29-21)19-8-10-28-13-30-19/h1-13H,(H,29,32)(H,31,33). The molecule has 0 bridgehead atoms. The molecule has 4 rings (SSSR count). The van der Waals surface area contributed by atoms with Gasteiger partial charge >= 0.3 is 6.18 Å². The van der Waals surface area contributed by atoms with Gasteiger partial charge in [0, 0.05) is 29.2 Å². The molecule has 0 saturated heterocycles. The van der Waals surface area contributed by atoms with E-state index in [9.17, 15) is 22.4 Å². The fraction of sp³-hybridized carbons (Fsp3) is 0.0435. The normalized spacial score (nSPS) is 11.2. The molecule has 0 spiro atoms. The van der Waals surface area contributed by atoms with Gasteiger partial charge in [-0.15, -0.1) is 0 Å². The van der Waals surface area contributed by atoms with E-state index in [0.29, 0.717) is 17.1 Å². The van der Waals surface area contributed by atoms with Crippen molar-refractivity contribution in [2.45, 2.75) is 6.18 Å². The van der Waals surface area contributed by atoms with E-state index in [1.54, 1.807) is 24.4 Å². The van der Waals surface area contributed by atoms with Crippen LogP contribution in [-0.4, -0.2) is 20.9 Å². The number of carbonyl (C=O) groups is 1. The van der Waals surface area contributed by atoms with Crippen LogP contribution >= 0.6 is 0 Å². The minimum Gasteiger partial charge on any atom is -0.337 e. The van der Waals surface area contributed by atoms with Crippen molar-refractivity contribution in [2.75, 3.05) is 10.6 Å². The van der Waals surface area contributed by atoms with Crippen LogP contribution in [0.5, 0.6) is 0 Å². The number of hydrogen-bond acceptors (Lipinski definition) is 5. The molecule has 0 saturated carbocycles. The second-order valence-corrected chi connectivity index (χ2v) is 6.85. The molecule has 4 aromatic rings. The van der Waals surface area contributed by atoms with Gasteiger partial charge < -0.3 is 10.6 Å². The number of hydrogen-bond donors (Lipinski definition) is 2. The Balaban J connectivity index is 1.59. The summed E-state index contributed by atoms with van der Waals surface area (Å²) in [7, 11) is 0. The molecule has 1 amide bonds. The van der Waals surface area contributed by atoms with Crippen molar-refractivity contribution >= 4 is 23.1 Å². The first-order chi connectivity index (χ1) is 15.8. The van der Waals surface area contributed by atoms with Gasteiger partial charge in [-0.3, -0.25) is 4.79 Å². The molecule has 0 fully saturated rings. The van der Waals surface area contributed by atoms with Gasteiger partial charge in [-0.25, -0.2) is 19.3 Å². The Kier molecular flexibility index (Phi) is 5.99. The molecule has 2 aromatic heterocycles. The number of carbonyl (C=O) groups excluding carboxylic acids is 1. The van der Waals surface area contributed by atoms with E-state index in [-0.39, 0.29) is 16.9 Å². The number of benzene rings is 2. The number of rotatable bonds is 5. The molecule has 0 aliphatic carbocycles.